The van der Waals surface area contributed by atoms with Crippen LogP contribution in [-0.2, 0) is 0 Å². The molecule has 2 rings (SSSR count). The molecule has 1 heterocycles. The van der Waals surface area contributed by atoms with Gasteiger partial charge in [0.05, 0.1) is 20.6 Å². The first-order chi connectivity index (χ1) is 7.99. The van der Waals surface area contributed by atoms with E-state index in [1.54, 1.807) is 18.2 Å². The molecule has 0 bridgehead atoms. The lowest BCUT2D eigenvalue weighted by Gasteiger charge is -2.02. The van der Waals surface area contributed by atoms with E-state index >= 15 is 0 Å². The molecular weight excluding hydrogens is 301 g/mol. The largest absolute Gasteiger partial charge is 0.398 e. The van der Waals surface area contributed by atoms with Crippen LogP contribution in [0.25, 0.3) is 0 Å². The second kappa shape index (κ2) is 4.86. The predicted molar refractivity (Wildman–Crippen MR) is 73.6 cm³/mol. The number of ketones is 1. The molecule has 88 valence electrons. The van der Waals surface area contributed by atoms with Gasteiger partial charge in [-0.05, 0) is 24.3 Å². The van der Waals surface area contributed by atoms with E-state index in [0.29, 0.717) is 30.5 Å². The number of nitrogens with two attached hydrogens (primary N) is 1. The standard InChI is InChI=1S/C11H6Cl3NOS/c12-7-2-1-5(3-8(7)15)10(16)6-4-9(13)17-11(6)14/h1-4H,15H2. The lowest BCUT2D eigenvalue weighted by molar-refractivity contribution is 0.103. The van der Waals surface area contributed by atoms with Crippen LogP contribution in [0.4, 0.5) is 5.69 Å². The molecule has 0 unspecified atom stereocenters. The molecule has 0 spiro atoms. The minimum Gasteiger partial charge on any atom is -0.398 e. The molecule has 1 aromatic carbocycles. The highest BCUT2D eigenvalue weighted by atomic mass is 35.5. The van der Waals surface area contributed by atoms with Gasteiger partial charge in [-0.25, -0.2) is 0 Å². The van der Waals surface area contributed by atoms with Gasteiger partial charge < -0.3 is 5.73 Å². The maximum atomic E-state index is 12.1. The van der Waals surface area contributed by atoms with Crippen LogP contribution in [0.5, 0.6) is 0 Å². The molecule has 1 aromatic heterocycles. The molecule has 0 aliphatic heterocycles. The second-order valence-corrected chi connectivity index (χ2v) is 6.00. The number of hydrogen-bond donors (Lipinski definition) is 1. The average Bonchev–Trinajstić information content (AvgIpc) is 2.61. The quantitative estimate of drug-likeness (QED) is 0.654. The van der Waals surface area contributed by atoms with Gasteiger partial charge in [-0.1, -0.05) is 34.8 Å². The van der Waals surface area contributed by atoms with E-state index in [4.69, 9.17) is 40.5 Å². The highest BCUT2D eigenvalue weighted by Crippen LogP contribution is 2.33. The van der Waals surface area contributed by atoms with Crippen LogP contribution in [0.15, 0.2) is 24.3 Å². The van der Waals surface area contributed by atoms with Crippen molar-refractivity contribution in [3.8, 4) is 0 Å². The number of nitrogen functional groups attached to an aromatic ring is 1. The number of halogens is 3. The summed E-state index contributed by atoms with van der Waals surface area (Å²) >= 11 is 18.6. The van der Waals surface area contributed by atoms with Crippen LogP contribution in [0, 0.1) is 0 Å². The predicted octanol–water partition coefficient (Wildman–Crippen LogP) is 4.52. The number of carbonyl (C=O) groups excluding carboxylic acids is 1. The average molecular weight is 307 g/mol. The molecule has 0 aliphatic carbocycles. The number of hydrogen-bond acceptors (Lipinski definition) is 3. The fourth-order valence-corrected chi connectivity index (χ4v) is 2.91. The SMILES string of the molecule is Nc1cc(C(=O)c2cc(Cl)sc2Cl)ccc1Cl. The van der Waals surface area contributed by atoms with Crippen molar-refractivity contribution in [3.05, 3.63) is 49.1 Å². The Labute approximate surface area is 117 Å². The van der Waals surface area contributed by atoms with Crippen LogP contribution in [0.2, 0.25) is 13.7 Å². The smallest absolute Gasteiger partial charge is 0.195 e. The Morgan fingerprint density at radius 1 is 1.18 bits per heavy atom. The molecule has 0 atom stereocenters. The van der Waals surface area contributed by atoms with Gasteiger partial charge >= 0.3 is 0 Å². The van der Waals surface area contributed by atoms with E-state index < -0.39 is 0 Å². The molecule has 2 nitrogen and oxygen atoms in total. The maximum absolute atomic E-state index is 12.1. The first-order valence-electron chi connectivity index (χ1n) is 4.53. The molecule has 6 heteroatoms. The summed E-state index contributed by atoms with van der Waals surface area (Å²) in [7, 11) is 0. The number of anilines is 1. The van der Waals surface area contributed by atoms with Crippen molar-refractivity contribution in [1.82, 2.24) is 0 Å². The zero-order valence-corrected chi connectivity index (χ0v) is 11.4. The van der Waals surface area contributed by atoms with Gasteiger partial charge in [0.15, 0.2) is 5.78 Å². The molecule has 0 radical (unpaired) electrons. The van der Waals surface area contributed by atoms with Gasteiger partial charge in [0.1, 0.15) is 4.34 Å². The van der Waals surface area contributed by atoms with Crippen LogP contribution in [-0.4, -0.2) is 5.78 Å². The van der Waals surface area contributed by atoms with Crippen molar-refractivity contribution in [2.75, 3.05) is 5.73 Å². The van der Waals surface area contributed by atoms with E-state index in [0.717, 1.165) is 11.3 Å². The van der Waals surface area contributed by atoms with Crippen LogP contribution < -0.4 is 5.73 Å². The van der Waals surface area contributed by atoms with Crippen molar-refractivity contribution in [1.29, 1.82) is 0 Å². The topological polar surface area (TPSA) is 43.1 Å². The third-order valence-electron chi connectivity index (χ3n) is 2.16. The number of thiophene rings is 1. The zero-order chi connectivity index (χ0) is 12.6. The molecule has 0 fully saturated rings. The molecule has 2 N–H and O–H groups in total. The molecule has 0 amide bonds. The first-order valence-corrected chi connectivity index (χ1v) is 6.48. The summed E-state index contributed by atoms with van der Waals surface area (Å²) < 4.78 is 0.841. The van der Waals surface area contributed by atoms with Gasteiger partial charge in [0, 0.05) is 5.56 Å². The van der Waals surface area contributed by atoms with Gasteiger partial charge in [-0.3, -0.25) is 4.79 Å². The molecular formula is C11H6Cl3NOS. The van der Waals surface area contributed by atoms with E-state index in [1.165, 1.54) is 6.07 Å². The highest BCUT2D eigenvalue weighted by Gasteiger charge is 2.16. The first kappa shape index (κ1) is 12.7. The Hall–Kier alpha value is -0.740. The van der Waals surface area contributed by atoms with Crippen LogP contribution >= 0.6 is 46.1 Å². The third kappa shape index (κ3) is 2.58. The number of rotatable bonds is 2. The van der Waals surface area contributed by atoms with E-state index in [9.17, 15) is 4.79 Å². The van der Waals surface area contributed by atoms with E-state index in [2.05, 4.69) is 0 Å². The molecule has 0 saturated heterocycles. The van der Waals surface area contributed by atoms with Gasteiger partial charge in [0.25, 0.3) is 0 Å². The second-order valence-electron chi connectivity index (χ2n) is 3.30. The van der Waals surface area contributed by atoms with Crippen molar-refractivity contribution < 1.29 is 4.79 Å². The molecule has 17 heavy (non-hydrogen) atoms. The Bertz CT molecular complexity index is 594. The van der Waals surface area contributed by atoms with Crippen LogP contribution in [0.3, 0.4) is 0 Å². The van der Waals surface area contributed by atoms with E-state index in [1.807, 2.05) is 0 Å². The lowest BCUT2D eigenvalue weighted by Crippen LogP contribution is -2.01. The number of benzene rings is 1. The summed E-state index contributed by atoms with van der Waals surface area (Å²) in [5.41, 5.74) is 6.81. The molecule has 0 aliphatic rings. The number of carbonyl (C=O) groups is 1. The Morgan fingerprint density at radius 2 is 1.88 bits per heavy atom. The lowest BCUT2D eigenvalue weighted by atomic mass is 10.1. The molecule has 2 aromatic rings. The Kier molecular flexibility index (Phi) is 3.64. The third-order valence-corrected chi connectivity index (χ3v) is 3.99. The summed E-state index contributed by atoms with van der Waals surface area (Å²) in [6, 6.07) is 6.24. The van der Waals surface area contributed by atoms with Crippen LogP contribution in [0.1, 0.15) is 15.9 Å². The fraction of sp³-hybridized carbons (Fsp3) is 0. The normalized spacial score (nSPS) is 10.5. The van der Waals surface area contributed by atoms with Gasteiger partial charge in [0.2, 0.25) is 0 Å². The Balaban J connectivity index is 2.44. The summed E-state index contributed by atoms with van der Waals surface area (Å²) in [6.07, 6.45) is 0. The van der Waals surface area contributed by atoms with Crippen molar-refractivity contribution in [2.24, 2.45) is 0 Å². The summed E-state index contributed by atoms with van der Waals surface area (Å²) in [5.74, 6) is -0.221. The highest BCUT2D eigenvalue weighted by molar-refractivity contribution is 7.20. The fourth-order valence-electron chi connectivity index (χ4n) is 1.34. The van der Waals surface area contributed by atoms with Gasteiger partial charge in [-0.15, -0.1) is 11.3 Å². The maximum Gasteiger partial charge on any atom is 0.195 e. The summed E-state index contributed by atoms with van der Waals surface area (Å²) in [6.45, 7) is 0. The molecule has 0 saturated carbocycles. The monoisotopic (exact) mass is 305 g/mol. The summed E-state index contributed by atoms with van der Waals surface area (Å²) in [4.78, 5) is 12.1. The van der Waals surface area contributed by atoms with E-state index in [-0.39, 0.29) is 5.78 Å². The van der Waals surface area contributed by atoms with Crippen molar-refractivity contribution >= 4 is 57.6 Å². The Morgan fingerprint density at radius 3 is 2.41 bits per heavy atom. The van der Waals surface area contributed by atoms with Gasteiger partial charge in [-0.2, -0.15) is 0 Å². The minimum absolute atomic E-state index is 0.221. The summed E-state index contributed by atoms with van der Waals surface area (Å²) in [5, 5.41) is 0.413. The van der Waals surface area contributed by atoms with Crippen molar-refractivity contribution in [3.63, 3.8) is 0 Å². The van der Waals surface area contributed by atoms with Crippen molar-refractivity contribution in [2.45, 2.75) is 0 Å². The zero-order valence-electron chi connectivity index (χ0n) is 8.34. The minimum atomic E-state index is -0.221.